The number of hydrogen-bond donors (Lipinski definition) is 0. The van der Waals surface area contributed by atoms with Crippen LogP contribution < -0.4 is 10.5 Å². The summed E-state index contributed by atoms with van der Waals surface area (Å²) in [6.07, 6.45) is 9.72. The van der Waals surface area contributed by atoms with Gasteiger partial charge in [-0.25, -0.2) is 14.6 Å². The van der Waals surface area contributed by atoms with Gasteiger partial charge in [-0.15, -0.1) is 0 Å². The SMILES string of the molecule is O=c1ccc(C2CC2)nn1CC1CCN(c2ncnc3c2CCC3)CC1. The van der Waals surface area contributed by atoms with Gasteiger partial charge < -0.3 is 4.90 Å². The Hall–Kier alpha value is -2.24. The first-order valence-electron chi connectivity index (χ1n) is 9.93. The number of aryl methyl sites for hydroxylation is 1. The summed E-state index contributed by atoms with van der Waals surface area (Å²) in [6, 6.07) is 3.61. The van der Waals surface area contributed by atoms with Crippen LogP contribution >= 0.6 is 0 Å². The van der Waals surface area contributed by atoms with Crippen molar-refractivity contribution in [3.63, 3.8) is 0 Å². The summed E-state index contributed by atoms with van der Waals surface area (Å²) in [4.78, 5) is 23.6. The second kappa shape index (κ2) is 6.49. The Bertz CT molecular complexity index is 865. The van der Waals surface area contributed by atoms with Crippen LogP contribution in [0.1, 0.15) is 55.0 Å². The average molecular weight is 351 g/mol. The van der Waals surface area contributed by atoms with E-state index in [1.54, 1.807) is 17.1 Å². The van der Waals surface area contributed by atoms with Gasteiger partial charge in [-0.1, -0.05) is 0 Å². The van der Waals surface area contributed by atoms with E-state index in [0.29, 0.717) is 11.8 Å². The quantitative estimate of drug-likeness (QED) is 0.846. The normalized spacial score (nSPS) is 20.4. The van der Waals surface area contributed by atoms with Gasteiger partial charge in [0, 0.05) is 42.9 Å². The predicted molar refractivity (Wildman–Crippen MR) is 99.5 cm³/mol. The molecule has 0 amide bonds. The molecule has 0 radical (unpaired) electrons. The first kappa shape index (κ1) is 16.0. The van der Waals surface area contributed by atoms with Crippen LogP contribution in [-0.2, 0) is 19.4 Å². The van der Waals surface area contributed by atoms with E-state index in [2.05, 4.69) is 20.0 Å². The summed E-state index contributed by atoms with van der Waals surface area (Å²) in [5.74, 6) is 2.25. The van der Waals surface area contributed by atoms with Crippen molar-refractivity contribution in [2.45, 2.75) is 57.4 Å². The van der Waals surface area contributed by atoms with Crippen LogP contribution in [0.3, 0.4) is 0 Å². The third-order valence-electron chi connectivity index (χ3n) is 6.08. The number of rotatable bonds is 4. The molecule has 1 saturated carbocycles. The van der Waals surface area contributed by atoms with Crippen molar-refractivity contribution in [1.82, 2.24) is 19.7 Å². The van der Waals surface area contributed by atoms with Gasteiger partial charge in [-0.3, -0.25) is 4.79 Å². The van der Waals surface area contributed by atoms with E-state index in [0.717, 1.165) is 56.8 Å². The summed E-state index contributed by atoms with van der Waals surface area (Å²) in [5, 5.41) is 4.62. The molecule has 5 rings (SSSR count). The number of fused-ring (bicyclic) bond motifs is 1. The van der Waals surface area contributed by atoms with Gasteiger partial charge >= 0.3 is 0 Å². The highest BCUT2D eigenvalue weighted by Gasteiger charge is 2.27. The van der Waals surface area contributed by atoms with Gasteiger partial charge in [0.2, 0.25) is 0 Å². The lowest BCUT2D eigenvalue weighted by Crippen LogP contribution is -2.37. The molecule has 3 heterocycles. The molecule has 1 saturated heterocycles. The maximum atomic E-state index is 12.2. The Kier molecular flexibility index (Phi) is 3.98. The molecule has 0 unspecified atom stereocenters. The number of aromatic nitrogens is 4. The van der Waals surface area contributed by atoms with Crippen molar-refractivity contribution in [3.05, 3.63) is 45.8 Å². The molecule has 0 spiro atoms. The minimum absolute atomic E-state index is 0.0328. The van der Waals surface area contributed by atoms with Crippen molar-refractivity contribution >= 4 is 5.82 Å². The summed E-state index contributed by atoms with van der Waals surface area (Å²) >= 11 is 0. The van der Waals surface area contributed by atoms with E-state index >= 15 is 0 Å². The zero-order valence-corrected chi connectivity index (χ0v) is 15.1. The van der Waals surface area contributed by atoms with Crippen LogP contribution in [0, 0.1) is 5.92 Å². The molecule has 2 fully saturated rings. The average Bonchev–Trinajstić information content (AvgIpc) is 3.40. The summed E-state index contributed by atoms with van der Waals surface area (Å²) in [6.45, 7) is 2.76. The lowest BCUT2D eigenvalue weighted by atomic mass is 9.96. The Labute approximate surface area is 153 Å². The fraction of sp³-hybridized carbons (Fsp3) is 0.600. The number of anilines is 1. The van der Waals surface area contributed by atoms with Crippen LogP contribution in [-0.4, -0.2) is 32.8 Å². The lowest BCUT2D eigenvalue weighted by Gasteiger charge is -2.33. The van der Waals surface area contributed by atoms with Gasteiger partial charge in [0.05, 0.1) is 5.69 Å². The summed E-state index contributed by atoms with van der Waals surface area (Å²) in [5.41, 5.74) is 3.73. The molecular formula is C20H25N5O. The van der Waals surface area contributed by atoms with Crippen LogP contribution in [0.4, 0.5) is 5.82 Å². The molecule has 0 atom stereocenters. The second-order valence-corrected chi connectivity index (χ2v) is 7.96. The molecule has 0 aromatic carbocycles. The maximum Gasteiger partial charge on any atom is 0.266 e. The van der Waals surface area contributed by atoms with Crippen molar-refractivity contribution in [2.75, 3.05) is 18.0 Å². The smallest absolute Gasteiger partial charge is 0.266 e. The number of hydrogen-bond acceptors (Lipinski definition) is 5. The molecule has 2 aromatic heterocycles. The molecule has 3 aliphatic rings. The van der Waals surface area contributed by atoms with Crippen molar-refractivity contribution in [1.29, 1.82) is 0 Å². The number of nitrogens with zero attached hydrogens (tertiary/aromatic N) is 5. The third-order valence-corrected chi connectivity index (χ3v) is 6.08. The fourth-order valence-electron chi connectivity index (χ4n) is 4.38. The third kappa shape index (κ3) is 3.02. The molecule has 0 bridgehead atoms. The van der Waals surface area contributed by atoms with E-state index in [1.807, 2.05) is 6.07 Å². The zero-order chi connectivity index (χ0) is 17.5. The van der Waals surface area contributed by atoms with Gasteiger partial charge in [0.25, 0.3) is 5.56 Å². The minimum Gasteiger partial charge on any atom is -0.356 e. The van der Waals surface area contributed by atoms with Crippen molar-refractivity contribution < 1.29 is 0 Å². The van der Waals surface area contributed by atoms with Crippen LogP contribution in [0.5, 0.6) is 0 Å². The van der Waals surface area contributed by atoms with Crippen LogP contribution in [0.2, 0.25) is 0 Å². The molecule has 136 valence electrons. The van der Waals surface area contributed by atoms with E-state index in [9.17, 15) is 4.79 Å². The monoisotopic (exact) mass is 351 g/mol. The fourth-order valence-corrected chi connectivity index (χ4v) is 4.38. The Morgan fingerprint density at radius 1 is 1.04 bits per heavy atom. The zero-order valence-electron chi connectivity index (χ0n) is 15.1. The second-order valence-electron chi connectivity index (χ2n) is 7.96. The van der Waals surface area contributed by atoms with E-state index in [1.165, 1.54) is 30.5 Å². The maximum absolute atomic E-state index is 12.2. The molecule has 2 aromatic rings. The van der Waals surface area contributed by atoms with Gasteiger partial charge in [0.15, 0.2) is 0 Å². The summed E-state index contributed by atoms with van der Waals surface area (Å²) in [7, 11) is 0. The topological polar surface area (TPSA) is 63.9 Å². The van der Waals surface area contributed by atoms with Gasteiger partial charge in [0.1, 0.15) is 12.1 Å². The molecule has 1 aliphatic heterocycles. The molecule has 6 heteroatoms. The van der Waals surface area contributed by atoms with Gasteiger partial charge in [-0.2, -0.15) is 5.10 Å². The van der Waals surface area contributed by atoms with Crippen molar-refractivity contribution in [3.8, 4) is 0 Å². The van der Waals surface area contributed by atoms with Crippen molar-refractivity contribution in [2.24, 2.45) is 5.92 Å². The highest BCUT2D eigenvalue weighted by Crippen LogP contribution is 2.38. The standard InChI is InChI=1S/C20H25N5O/c26-19-7-6-17(15-4-5-15)23-25(19)12-14-8-10-24(11-9-14)20-16-2-1-3-18(16)21-13-22-20/h6-7,13-15H,1-5,8-12H2. The highest BCUT2D eigenvalue weighted by atomic mass is 16.1. The lowest BCUT2D eigenvalue weighted by molar-refractivity contribution is 0.332. The first-order chi connectivity index (χ1) is 12.8. The predicted octanol–water partition coefficient (Wildman–Crippen LogP) is 2.32. The minimum atomic E-state index is 0.0328. The molecule has 0 N–H and O–H groups in total. The molecule has 2 aliphatic carbocycles. The summed E-state index contributed by atoms with van der Waals surface area (Å²) < 4.78 is 1.70. The Morgan fingerprint density at radius 3 is 2.69 bits per heavy atom. The van der Waals surface area contributed by atoms with E-state index in [4.69, 9.17) is 0 Å². The highest BCUT2D eigenvalue weighted by molar-refractivity contribution is 5.50. The van der Waals surface area contributed by atoms with E-state index in [-0.39, 0.29) is 5.56 Å². The van der Waals surface area contributed by atoms with Gasteiger partial charge in [-0.05, 0) is 56.9 Å². The Morgan fingerprint density at radius 2 is 1.88 bits per heavy atom. The largest absolute Gasteiger partial charge is 0.356 e. The van der Waals surface area contributed by atoms with Crippen LogP contribution in [0.25, 0.3) is 0 Å². The molecule has 6 nitrogen and oxygen atoms in total. The van der Waals surface area contributed by atoms with Crippen LogP contribution in [0.15, 0.2) is 23.3 Å². The molecule has 26 heavy (non-hydrogen) atoms. The first-order valence-corrected chi connectivity index (χ1v) is 9.93. The van der Waals surface area contributed by atoms with E-state index < -0.39 is 0 Å². The Balaban J connectivity index is 1.26. The molecular weight excluding hydrogens is 326 g/mol. The number of piperidine rings is 1.